The van der Waals surface area contributed by atoms with Crippen LogP contribution in [0.15, 0.2) is 18.2 Å². The summed E-state index contributed by atoms with van der Waals surface area (Å²) in [5.74, 6) is 1.45. The molecule has 3 heteroatoms. The van der Waals surface area contributed by atoms with Crippen molar-refractivity contribution in [1.29, 1.82) is 0 Å². The maximum Gasteiger partial charge on any atom is 0.161 e. The summed E-state index contributed by atoms with van der Waals surface area (Å²) in [5, 5.41) is 0. The van der Waals surface area contributed by atoms with E-state index >= 15 is 0 Å². The predicted octanol–water partition coefficient (Wildman–Crippen LogP) is 3.28. The molecule has 3 nitrogen and oxygen atoms in total. The summed E-state index contributed by atoms with van der Waals surface area (Å²) >= 11 is 0. The Balaban J connectivity index is 0.000000302. The second kappa shape index (κ2) is 7.17. The Labute approximate surface area is 104 Å². The second-order valence-corrected chi connectivity index (χ2v) is 4.32. The largest absolute Gasteiger partial charge is 0.493 e. The SMILES string of the molecule is C1CCC1.COc1ccc(C(C)N)cc1OC. The predicted molar refractivity (Wildman–Crippen MR) is 70.6 cm³/mol. The Bertz CT molecular complexity index is 329. The van der Waals surface area contributed by atoms with Gasteiger partial charge in [0.25, 0.3) is 0 Å². The number of methoxy groups -OCH3 is 2. The van der Waals surface area contributed by atoms with Gasteiger partial charge in [0.15, 0.2) is 11.5 Å². The number of rotatable bonds is 3. The van der Waals surface area contributed by atoms with E-state index in [-0.39, 0.29) is 6.04 Å². The first kappa shape index (κ1) is 13.8. The van der Waals surface area contributed by atoms with Crippen molar-refractivity contribution in [3.8, 4) is 11.5 Å². The molecule has 2 N–H and O–H groups in total. The van der Waals surface area contributed by atoms with E-state index in [1.165, 1.54) is 25.7 Å². The highest BCUT2D eigenvalue weighted by molar-refractivity contribution is 5.43. The zero-order valence-electron chi connectivity index (χ0n) is 11.0. The lowest BCUT2D eigenvalue weighted by Gasteiger charge is -2.11. The summed E-state index contributed by atoms with van der Waals surface area (Å²) in [6.45, 7) is 1.93. The third-order valence-corrected chi connectivity index (χ3v) is 2.93. The molecule has 0 heterocycles. The summed E-state index contributed by atoms with van der Waals surface area (Å²) < 4.78 is 10.3. The molecule has 0 amide bonds. The zero-order chi connectivity index (χ0) is 12.7. The first-order chi connectivity index (χ1) is 8.19. The van der Waals surface area contributed by atoms with Gasteiger partial charge >= 0.3 is 0 Å². The maximum atomic E-state index is 5.73. The van der Waals surface area contributed by atoms with Crippen molar-refractivity contribution in [1.82, 2.24) is 0 Å². The second-order valence-electron chi connectivity index (χ2n) is 4.32. The van der Waals surface area contributed by atoms with Crippen molar-refractivity contribution in [2.24, 2.45) is 5.73 Å². The lowest BCUT2D eigenvalue weighted by atomic mass is 10.0. The lowest BCUT2D eigenvalue weighted by Crippen LogP contribution is -2.05. The minimum Gasteiger partial charge on any atom is -0.493 e. The van der Waals surface area contributed by atoms with Gasteiger partial charge in [-0.2, -0.15) is 0 Å². The van der Waals surface area contributed by atoms with Gasteiger partial charge in [0, 0.05) is 6.04 Å². The molecule has 1 aromatic carbocycles. The average Bonchev–Trinajstić information content (AvgIpc) is 2.25. The normalized spacial score (nSPS) is 15.1. The van der Waals surface area contributed by atoms with E-state index in [0.717, 1.165) is 17.1 Å². The van der Waals surface area contributed by atoms with Crippen molar-refractivity contribution in [3.05, 3.63) is 23.8 Å². The Morgan fingerprint density at radius 3 is 1.88 bits per heavy atom. The van der Waals surface area contributed by atoms with E-state index in [2.05, 4.69) is 0 Å². The molecule has 0 aliphatic heterocycles. The van der Waals surface area contributed by atoms with Gasteiger partial charge in [0.05, 0.1) is 14.2 Å². The summed E-state index contributed by atoms with van der Waals surface area (Å²) in [7, 11) is 3.23. The minimum atomic E-state index is 0.0137. The summed E-state index contributed by atoms with van der Waals surface area (Å²) in [6, 6.07) is 5.70. The molecule has 1 unspecified atom stereocenters. The quantitative estimate of drug-likeness (QED) is 0.877. The third kappa shape index (κ3) is 4.27. The standard InChI is InChI=1S/C10H15NO2.C4H8/c1-7(11)8-4-5-9(12-2)10(6-8)13-3;1-2-4-3-1/h4-7H,11H2,1-3H3;1-4H2. The van der Waals surface area contributed by atoms with Crippen LogP contribution in [-0.4, -0.2) is 14.2 Å². The Kier molecular flexibility index (Phi) is 5.84. The average molecular weight is 237 g/mol. The van der Waals surface area contributed by atoms with Crippen molar-refractivity contribution in [2.75, 3.05) is 14.2 Å². The van der Waals surface area contributed by atoms with Gasteiger partial charge in [0.2, 0.25) is 0 Å². The van der Waals surface area contributed by atoms with E-state index in [0.29, 0.717) is 0 Å². The first-order valence-electron chi connectivity index (χ1n) is 6.16. The van der Waals surface area contributed by atoms with Crippen molar-refractivity contribution >= 4 is 0 Å². The summed E-state index contributed by atoms with van der Waals surface area (Å²) in [6.07, 6.45) is 6.00. The van der Waals surface area contributed by atoms with Crippen LogP contribution in [0.2, 0.25) is 0 Å². The Morgan fingerprint density at radius 2 is 1.53 bits per heavy atom. The molecule has 1 saturated carbocycles. The molecule has 0 spiro atoms. The monoisotopic (exact) mass is 237 g/mol. The number of ether oxygens (including phenoxy) is 2. The van der Waals surface area contributed by atoms with E-state index < -0.39 is 0 Å². The van der Waals surface area contributed by atoms with Crippen LogP contribution in [0.5, 0.6) is 11.5 Å². The first-order valence-corrected chi connectivity index (χ1v) is 6.16. The smallest absolute Gasteiger partial charge is 0.161 e. The summed E-state index contributed by atoms with van der Waals surface area (Å²) in [4.78, 5) is 0. The molecule has 1 aromatic rings. The number of hydrogen-bond donors (Lipinski definition) is 1. The molecular formula is C14H23NO2. The van der Waals surface area contributed by atoms with Crippen LogP contribution in [0.1, 0.15) is 44.2 Å². The Hall–Kier alpha value is -1.22. The van der Waals surface area contributed by atoms with Gasteiger partial charge in [0.1, 0.15) is 0 Å². The fourth-order valence-electron chi connectivity index (χ4n) is 1.39. The molecule has 1 aliphatic carbocycles. The van der Waals surface area contributed by atoms with Gasteiger partial charge in [-0.3, -0.25) is 0 Å². The van der Waals surface area contributed by atoms with Crippen LogP contribution < -0.4 is 15.2 Å². The van der Waals surface area contributed by atoms with Crippen LogP contribution in [0.4, 0.5) is 0 Å². The van der Waals surface area contributed by atoms with Gasteiger partial charge in [-0.1, -0.05) is 31.7 Å². The van der Waals surface area contributed by atoms with Crippen LogP contribution in [0, 0.1) is 0 Å². The van der Waals surface area contributed by atoms with Crippen molar-refractivity contribution in [2.45, 2.75) is 38.6 Å². The van der Waals surface area contributed by atoms with E-state index in [1.54, 1.807) is 14.2 Å². The molecule has 1 aliphatic rings. The molecule has 0 saturated heterocycles. The Morgan fingerprint density at radius 1 is 1.00 bits per heavy atom. The summed E-state index contributed by atoms with van der Waals surface area (Å²) in [5.41, 5.74) is 6.77. The highest BCUT2D eigenvalue weighted by Crippen LogP contribution is 2.29. The van der Waals surface area contributed by atoms with Crippen molar-refractivity contribution in [3.63, 3.8) is 0 Å². The third-order valence-electron chi connectivity index (χ3n) is 2.93. The topological polar surface area (TPSA) is 44.5 Å². The fraction of sp³-hybridized carbons (Fsp3) is 0.571. The molecule has 0 aromatic heterocycles. The fourth-order valence-corrected chi connectivity index (χ4v) is 1.39. The van der Waals surface area contributed by atoms with Crippen LogP contribution in [0.25, 0.3) is 0 Å². The number of hydrogen-bond acceptors (Lipinski definition) is 3. The van der Waals surface area contributed by atoms with Gasteiger partial charge < -0.3 is 15.2 Å². The molecule has 0 radical (unpaired) electrons. The van der Waals surface area contributed by atoms with E-state index in [4.69, 9.17) is 15.2 Å². The van der Waals surface area contributed by atoms with Gasteiger partial charge in [-0.05, 0) is 24.6 Å². The molecule has 1 atom stereocenters. The van der Waals surface area contributed by atoms with Gasteiger partial charge in [-0.25, -0.2) is 0 Å². The van der Waals surface area contributed by atoms with Crippen molar-refractivity contribution < 1.29 is 9.47 Å². The highest BCUT2D eigenvalue weighted by atomic mass is 16.5. The van der Waals surface area contributed by atoms with Gasteiger partial charge in [-0.15, -0.1) is 0 Å². The zero-order valence-corrected chi connectivity index (χ0v) is 11.0. The van der Waals surface area contributed by atoms with E-state index in [9.17, 15) is 0 Å². The number of benzene rings is 1. The maximum absolute atomic E-state index is 5.73. The lowest BCUT2D eigenvalue weighted by molar-refractivity contribution is 0.354. The molecule has 0 bridgehead atoms. The minimum absolute atomic E-state index is 0.0137. The molecule has 1 fully saturated rings. The van der Waals surface area contributed by atoms with Crippen LogP contribution >= 0.6 is 0 Å². The molecule has 2 rings (SSSR count). The van der Waals surface area contributed by atoms with E-state index in [1.807, 2.05) is 25.1 Å². The van der Waals surface area contributed by atoms with Crippen LogP contribution in [-0.2, 0) is 0 Å². The molecular weight excluding hydrogens is 214 g/mol. The molecule has 96 valence electrons. The number of nitrogens with two attached hydrogens (primary N) is 1. The molecule has 17 heavy (non-hydrogen) atoms. The highest BCUT2D eigenvalue weighted by Gasteiger charge is 2.06. The van der Waals surface area contributed by atoms with Crippen LogP contribution in [0.3, 0.4) is 0 Å².